The fourth-order valence-electron chi connectivity index (χ4n) is 4.35. The number of hydrazone groups is 1. The minimum Gasteiger partial charge on any atom is -0.467 e. The molecular weight excluding hydrogens is 427 g/mol. The van der Waals surface area contributed by atoms with Crippen LogP contribution in [0.4, 0.5) is 4.39 Å². The summed E-state index contributed by atoms with van der Waals surface area (Å²) < 4.78 is 29.4. The van der Waals surface area contributed by atoms with Gasteiger partial charge in [0.05, 0.1) is 23.8 Å². The van der Waals surface area contributed by atoms with E-state index in [0.717, 1.165) is 48.4 Å². The van der Waals surface area contributed by atoms with Crippen molar-refractivity contribution in [3.05, 3.63) is 89.5 Å². The number of carbonyl (C=O) groups is 2. The topological polar surface area (TPSA) is 85.3 Å². The zero-order valence-corrected chi connectivity index (χ0v) is 17.6. The third kappa shape index (κ3) is 4.24. The molecule has 3 aromatic rings. The monoisotopic (exact) mass is 448 g/mol. The second-order valence-corrected chi connectivity index (χ2v) is 7.95. The fourth-order valence-corrected chi connectivity index (χ4v) is 4.35. The molecule has 1 aromatic carbocycles. The van der Waals surface area contributed by atoms with Crippen molar-refractivity contribution in [3.63, 3.8) is 0 Å². The third-order valence-corrected chi connectivity index (χ3v) is 5.86. The number of nitrogens with zero attached hydrogens (tertiary/aromatic N) is 2. The van der Waals surface area contributed by atoms with E-state index in [4.69, 9.17) is 13.6 Å². The number of esters is 1. The third-order valence-electron chi connectivity index (χ3n) is 5.86. The normalized spacial score (nSPS) is 21.1. The Bertz CT molecular complexity index is 1200. The Kier molecular flexibility index (Phi) is 5.64. The summed E-state index contributed by atoms with van der Waals surface area (Å²) in [6.45, 7) is -0.492. The molecule has 1 fully saturated rings. The highest BCUT2D eigenvalue weighted by Gasteiger charge is 2.45. The molecule has 1 aliphatic heterocycles. The standard InChI is InChI=1S/C25H21FN2O5/c26-18-10-8-16(9-11-18)25(30)33-15-22(29)28-24(21-7-3-13-32-21)20-6-1-4-17(23(20)27-28)14-19-5-2-12-31-19/h2-3,5,7-14,20,24H,1,4,6,15H2. The van der Waals surface area contributed by atoms with Crippen molar-refractivity contribution < 1.29 is 27.6 Å². The Morgan fingerprint density at radius 3 is 2.64 bits per heavy atom. The number of ether oxygens (including phenoxy) is 1. The summed E-state index contributed by atoms with van der Waals surface area (Å²) in [6.07, 6.45) is 7.73. The molecule has 1 aliphatic carbocycles. The van der Waals surface area contributed by atoms with Crippen LogP contribution >= 0.6 is 0 Å². The van der Waals surface area contributed by atoms with Crippen LogP contribution in [0.15, 0.2) is 80.6 Å². The van der Waals surface area contributed by atoms with Gasteiger partial charge in [-0.05, 0) is 79.4 Å². The first-order valence-electron chi connectivity index (χ1n) is 10.7. The summed E-state index contributed by atoms with van der Waals surface area (Å²) in [5.41, 5.74) is 1.99. The van der Waals surface area contributed by atoms with Crippen LogP contribution in [-0.4, -0.2) is 29.2 Å². The van der Waals surface area contributed by atoms with E-state index in [0.29, 0.717) is 5.76 Å². The lowest BCUT2D eigenvalue weighted by molar-refractivity contribution is -0.137. The van der Waals surface area contributed by atoms with Gasteiger partial charge < -0.3 is 13.6 Å². The molecule has 1 amide bonds. The maximum Gasteiger partial charge on any atom is 0.338 e. The number of allylic oxidation sites excluding steroid dienone is 1. The van der Waals surface area contributed by atoms with Gasteiger partial charge in [0.15, 0.2) is 6.61 Å². The highest BCUT2D eigenvalue weighted by atomic mass is 19.1. The molecule has 0 radical (unpaired) electrons. The molecule has 168 valence electrons. The predicted molar refractivity (Wildman–Crippen MR) is 116 cm³/mol. The average Bonchev–Trinajstić information content (AvgIpc) is 3.58. The molecule has 2 atom stereocenters. The van der Waals surface area contributed by atoms with Gasteiger partial charge in [-0.3, -0.25) is 4.79 Å². The van der Waals surface area contributed by atoms with E-state index >= 15 is 0 Å². The van der Waals surface area contributed by atoms with Crippen LogP contribution in [0.5, 0.6) is 0 Å². The van der Waals surface area contributed by atoms with Gasteiger partial charge in [-0.2, -0.15) is 5.10 Å². The molecule has 1 saturated carbocycles. The van der Waals surface area contributed by atoms with Gasteiger partial charge in [-0.15, -0.1) is 0 Å². The largest absolute Gasteiger partial charge is 0.467 e. The summed E-state index contributed by atoms with van der Waals surface area (Å²) in [7, 11) is 0. The predicted octanol–water partition coefficient (Wildman–Crippen LogP) is 4.99. The molecule has 0 bridgehead atoms. The van der Waals surface area contributed by atoms with Crippen LogP contribution in [0.25, 0.3) is 6.08 Å². The van der Waals surface area contributed by atoms with E-state index in [2.05, 4.69) is 5.10 Å². The highest BCUT2D eigenvalue weighted by molar-refractivity contribution is 6.08. The van der Waals surface area contributed by atoms with Crippen LogP contribution in [0.3, 0.4) is 0 Å². The molecule has 2 aromatic heterocycles. The Hall–Kier alpha value is -3.94. The molecule has 33 heavy (non-hydrogen) atoms. The molecule has 5 rings (SSSR count). The number of amides is 1. The number of benzene rings is 1. The smallest absolute Gasteiger partial charge is 0.338 e. The van der Waals surface area contributed by atoms with Crippen molar-refractivity contribution in [1.29, 1.82) is 0 Å². The van der Waals surface area contributed by atoms with Crippen molar-refractivity contribution in [2.24, 2.45) is 11.0 Å². The van der Waals surface area contributed by atoms with Gasteiger partial charge >= 0.3 is 5.97 Å². The van der Waals surface area contributed by atoms with Crippen LogP contribution in [0, 0.1) is 11.7 Å². The van der Waals surface area contributed by atoms with Crippen LogP contribution in [0.1, 0.15) is 47.2 Å². The van der Waals surface area contributed by atoms with Crippen molar-refractivity contribution in [3.8, 4) is 0 Å². The van der Waals surface area contributed by atoms with E-state index in [-0.39, 0.29) is 11.5 Å². The Morgan fingerprint density at radius 1 is 1.12 bits per heavy atom. The zero-order chi connectivity index (χ0) is 22.8. The lowest BCUT2D eigenvalue weighted by atomic mass is 9.79. The Labute approximate surface area is 189 Å². The Morgan fingerprint density at radius 2 is 1.91 bits per heavy atom. The molecule has 2 aliphatic rings. The number of furan rings is 2. The summed E-state index contributed by atoms with van der Waals surface area (Å²) in [4.78, 5) is 25.4. The van der Waals surface area contributed by atoms with Gasteiger partial charge in [0.2, 0.25) is 0 Å². The van der Waals surface area contributed by atoms with E-state index < -0.39 is 30.3 Å². The lowest BCUT2D eigenvalue weighted by Gasteiger charge is -2.27. The zero-order valence-electron chi connectivity index (χ0n) is 17.6. The molecular formula is C25H21FN2O5. The first kappa shape index (κ1) is 20.9. The van der Waals surface area contributed by atoms with Gasteiger partial charge in [-0.25, -0.2) is 14.2 Å². The molecule has 3 heterocycles. The van der Waals surface area contributed by atoms with Crippen LogP contribution in [0.2, 0.25) is 0 Å². The highest BCUT2D eigenvalue weighted by Crippen LogP contribution is 2.44. The molecule has 0 saturated heterocycles. The second-order valence-electron chi connectivity index (χ2n) is 7.95. The van der Waals surface area contributed by atoms with E-state index in [9.17, 15) is 14.0 Å². The average molecular weight is 448 g/mol. The van der Waals surface area contributed by atoms with E-state index in [1.807, 2.05) is 24.3 Å². The minimum absolute atomic E-state index is 0.0390. The van der Waals surface area contributed by atoms with Crippen molar-refractivity contribution in [2.75, 3.05) is 6.61 Å². The lowest BCUT2D eigenvalue weighted by Crippen LogP contribution is -2.34. The Balaban J connectivity index is 1.39. The number of hydrogen-bond donors (Lipinski definition) is 0. The van der Waals surface area contributed by atoms with Crippen LogP contribution in [-0.2, 0) is 9.53 Å². The summed E-state index contributed by atoms with van der Waals surface area (Å²) in [6, 6.07) is 11.8. The maximum absolute atomic E-state index is 13.1. The van der Waals surface area contributed by atoms with E-state index in [1.54, 1.807) is 18.6 Å². The number of rotatable bonds is 5. The summed E-state index contributed by atoms with van der Waals surface area (Å²) >= 11 is 0. The number of hydrogen-bond acceptors (Lipinski definition) is 6. The summed E-state index contributed by atoms with van der Waals surface area (Å²) in [5.74, 6) is -0.329. The summed E-state index contributed by atoms with van der Waals surface area (Å²) in [5, 5.41) is 6.02. The number of fused-ring (bicyclic) bond motifs is 1. The second kappa shape index (κ2) is 8.90. The first-order valence-corrected chi connectivity index (χ1v) is 10.7. The van der Waals surface area contributed by atoms with Crippen LogP contribution < -0.4 is 0 Å². The number of carbonyl (C=O) groups excluding carboxylic acids is 2. The van der Waals surface area contributed by atoms with Gasteiger partial charge in [0.25, 0.3) is 5.91 Å². The van der Waals surface area contributed by atoms with Crippen molar-refractivity contribution in [1.82, 2.24) is 5.01 Å². The van der Waals surface area contributed by atoms with E-state index in [1.165, 1.54) is 17.1 Å². The van der Waals surface area contributed by atoms with Gasteiger partial charge in [0, 0.05) is 5.92 Å². The molecule has 2 unspecified atom stereocenters. The van der Waals surface area contributed by atoms with Crippen molar-refractivity contribution in [2.45, 2.75) is 25.3 Å². The van der Waals surface area contributed by atoms with Gasteiger partial charge in [0.1, 0.15) is 23.4 Å². The quantitative estimate of drug-likeness (QED) is 0.513. The first-order chi connectivity index (χ1) is 16.1. The van der Waals surface area contributed by atoms with Crippen molar-refractivity contribution >= 4 is 23.7 Å². The molecule has 0 spiro atoms. The van der Waals surface area contributed by atoms with Gasteiger partial charge in [-0.1, -0.05) is 0 Å². The molecule has 8 heteroatoms. The minimum atomic E-state index is -0.708. The molecule has 0 N–H and O–H groups in total. The number of halogens is 1. The fraction of sp³-hybridized carbons (Fsp3) is 0.240. The molecule has 7 nitrogen and oxygen atoms in total. The maximum atomic E-state index is 13.1. The SMILES string of the molecule is O=C(OCC(=O)N1N=C2C(=Cc3ccco3)CCCC2C1c1ccco1)c1ccc(F)cc1.